The molecule has 0 radical (unpaired) electrons. The summed E-state index contributed by atoms with van der Waals surface area (Å²) in [6, 6.07) is 12.7. The molecule has 0 saturated heterocycles. The number of carbonyl (C=O) groups is 1. The van der Waals surface area contributed by atoms with E-state index in [-0.39, 0.29) is 17.8 Å². The highest BCUT2D eigenvalue weighted by Gasteiger charge is 2.59. The lowest BCUT2D eigenvalue weighted by atomic mass is 9.99. The Morgan fingerprint density at radius 2 is 1.97 bits per heavy atom. The average molecular weight is 412 g/mol. The molecule has 4 nitrogen and oxygen atoms in total. The number of hydrogen-bond acceptors (Lipinski definition) is 2. The molecule has 1 heterocycles. The largest absolute Gasteiger partial charge is 0.349 e. The second kappa shape index (κ2) is 7.13. The smallest absolute Gasteiger partial charge is 0.251 e. The van der Waals surface area contributed by atoms with Crippen LogP contribution in [0.4, 0.5) is 4.39 Å². The van der Waals surface area contributed by atoms with E-state index in [2.05, 4.69) is 17.3 Å². The van der Waals surface area contributed by atoms with Gasteiger partial charge in [0, 0.05) is 16.6 Å². The number of rotatable bonds is 5. The van der Waals surface area contributed by atoms with Crippen molar-refractivity contribution in [3.8, 4) is 0 Å². The molecule has 2 aromatic carbocycles. The van der Waals surface area contributed by atoms with Gasteiger partial charge in [-0.2, -0.15) is 5.10 Å². The van der Waals surface area contributed by atoms with Gasteiger partial charge in [-0.25, -0.2) is 4.39 Å². The Kier molecular flexibility index (Phi) is 4.58. The van der Waals surface area contributed by atoms with Gasteiger partial charge in [0.2, 0.25) is 0 Å². The van der Waals surface area contributed by atoms with E-state index in [1.54, 1.807) is 36.5 Å². The first kappa shape index (κ1) is 18.6. The van der Waals surface area contributed by atoms with Crippen molar-refractivity contribution in [1.82, 2.24) is 15.1 Å². The highest BCUT2D eigenvalue weighted by Crippen LogP contribution is 2.62. The first-order valence-electron chi connectivity index (χ1n) is 10.2. The number of aromatic nitrogens is 2. The van der Waals surface area contributed by atoms with Gasteiger partial charge in [0.1, 0.15) is 5.82 Å². The highest BCUT2D eigenvalue weighted by molar-refractivity contribution is 6.30. The van der Waals surface area contributed by atoms with E-state index in [0.29, 0.717) is 39.8 Å². The van der Waals surface area contributed by atoms with Gasteiger partial charge in [-0.05, 0) is 73.4 Å². The minimum Gasteiger partial charge on any atom is -0.349 e. The molecule has 3 aromatic rings. The molecule has 2 saturated carbocycles. The third-order valence-electron chi connectivity index (χ3n) is 6.75. The van der Waals surface area contributed by atoms with Crippen LogP contribution in [-0.2, 0) is 0 Å². The molecule has 2 fully saturated rings. The fourth-order valence-electron chi connectivity index (χ4n) is 5.31. The zero-order valence-corrected chi connectivity index (χ0v) is 16.9. The SMILES string of the molecule is CCC(NC(=O)c1ccc(Cl)cc1)C1[C@H]2CC(n3ncc4c(F)cccc43)C[C@@H]12. The van der Waals surface area contributed by atoms with Crippen molar-refractivity contribution in [3.63, 3.8) is 0 Å². The first-order valence-corrected chi connectivity index (χ1v) is 10.6. The second-order valence-electron chi connectivity index (χ2n) is 8.29. The number of hydrogen-bond donors (Lipinski definition) is 1. The maximum absolute atomic E-state index is 14.0. The summed E-state index contributed by atoms with van der Waals surface area (Å²) in [5.74, 6) is 1.46. The maximum atomic E-state index is 14.0. The van der Waals surface area contributed by atoms with Gasteiger partial charge in [0.25, 0.3) is 5.91 Å². The first-order chi connectivity index (χ1) is 14.1. The Balaban J connectivity index is 1.25. The summed E-state index contributed by atoms with van der Waals surface area (Å²) in [5.41, 5.74) is 1.51. The van der Waals surface area contributed by atoms with Crippen molar-refractivity contribution >= 4 is 28.4 Å². The van der Waals surface area contributed by atoms with Crippen molar-refractivity contribution in [3.05, 3.63) is 65.1 Å². The predicted molar refractivity (Wildman–Crippen MR) is 111 cm³/mol. The minimum absolute atomic E-state index is 0.0383. The van der Waals surface area contributed by atoms with E-state index in [1.807, 2.05) is 10.7 Å². The van der Waals surface area contributed by atoms with Crippen LogP contribution in [0.3, 0.4) is 0 Å². The summed E-state index contributed by atoms with van der Waals surface area (Å²) < 4.78 is 16.0. The molecule has 6 heteroatoms. The number of carbonyl (C=O) groups excluding carboxylic acids is 1. The minimum atomic E-state index is -0.217. The van der Waals surface area contributed by atoms with Crippen molar-refractivity contribution in [2.75, 3.05) is 0 Å². The molecular formula is C23H23ClFN3O. The van der Waals surface area contributed by atoms with E-state index < -0.39 is 0 Å². The molecule has 5 atom stereocenters. The summed E-state index contributed by atoms with van der Waals surface area (Å²) in [7, 11) is 0. The summed E-state index contributed by atoms with van der Waals surface area (Å²) in [5, 5.41) is 8.92. The van der Waals surface area contributed by atoms with Crippen molar-refractivity contribution in [1.29, 1.82) is 0 Å². The lowest BCUT2D eigenvalue weighted by molar-refractivity contribution is 0.0927. The van der Waals surface area contributed by atoms with Crippen LogP contribution in [0, 0.1) is 23.6 Å². The van der Waals surface area contributed by atoms with Gasteiger partial charge in [0.05, 0.1) is 23.1 Å². The van der Waals surface area contributed by atoms with E-state index in [1.165, 1.54) is 6.07 Å². The van der Waals surface area contributed by atoms with Crippen LogP contribution in [0.2, 0.25) is 5.02 Å². The van der Waals surface area contributed by atoms with E-state index in [9.17, 15) is 9.18 Å². The normalized spacial score (nSPS) is 26.3. The van der Waals surface area contributed by atoms with Gasteiger partial charge in [0.15, 0.2) is 0 Å². The Labute approximate surface area is 174 Å². The molecule has 5 rings (SSSR count). The third kappa shape index (κ3) is 3.21. The van der Waals surface area contributed by atoms with Gasteiger partial charge < -0.3 is 5.32 Å². The van der Waals surface area contributed by atoms with Crippen molar-refractivity contribution in [2.24, 2.45) is 17.8 Å². The Bertz CT molecular complexity index is 1050. The molecule has 29 heavy (non-hydrogen) atoms. The number of benzene rings is 2. The number of amides is 1. The Morgan fingerprint density at radius 3 is 2.66 bits per heavy atom. The van der Waals surface area contributed by atoms with Crippen LogP contribution in [0.5, 0.6) is 0 Å². The summed E-state index contributed by atoms with van der Waals surface area (Å²) in [6.45, 7) is 2.13. The number of nitrogens with one attached hydrogen (secondary N) is 1. The van der Waals surface area contributed by atoms with E-state index in [0.717, 1.165) is 24.8 Å². The predicted octanol–water partition coefficient (Wildman–Crippen LogP) is 5.23. The van der Waals surface area contributed by atoms with Crippen LogP contribution in [0.15, 0.2) is 48.7 Å². The fourth-order valence-corrected chi connectivity index (χ4v) is 5.44. The molecule has 2 aliphatic carbocycles. The molecule has 0 bridgehead atoms. The van der Waals surface area contributed by atoms with Crippen molar-refractivity contribution in [2.45, 2.75) is 38.3 Å². The highest BCUT2D eigenvalue weighted by atomic mass is 35.5. The van der Waals surface area contributed by atoms with Crippen LogP contribution in [0.25, 0.3) is 10.9 Å². The zero-order valence-electron chi connectivity index (χ0n) is 16.2. The standard InChI is InChI=1S/C23H23ClFN3O/c1-2-20(27-23(29)13-6-8-14(24)9-7-13)22-16-10-15(11-17(16)22)28-21-5-3-4-19(25)18(21)12-26-28/h3-9,12,15-17,20,22H,2,10-11H2,1H3,(H,27,29)/t15?,16-,17+,20?,22?. The topological polar surface area (TPSA) is 46.9 Å². The Hall–Kier alpha value is -2.40. The summed E-state index contributed by atoms with van der Waals surface area (Å²) >= 11 is 5.92. The number of nitrogens with zero attached hydrogens (tertiary/aromatic N) is 2. The molecule has 1 aromatic heterocycles. The third-order valence-corrected chi connectivity index (χ3v) is 7.00. The molecule has 150 valence electrons. The van der Waals surface area contributed by atoms with Gasteiger partial charge >= 0.3 is 0 Å². The zero-order chi connectivity index (χ0) is 20.1. The molecule has 0 spiro atoms. The maximum Gasteiger partial charge on any atom is 0.251 e. The molecule has 0 aliphatic heterocycles. The van der Waals surface area contributed by atoms with Crippen LogP contribution >= 0.6 is 11.6 Å². The monoisotopic (exact) mass is 411 g/mol. The molecule has 1 amide bonds. The summed E-state index contributed by atoms with van der Waals surface area (Å²) in [4.78, 5) is 12.6. The fraction of sp³-hybridized carbons (Fsp3) is 0.391. The van der Waals surface area contributed by atoms with E-state index >= 15 is 0 Å². The summed E-state index contributed by atoms with van der Waals surface area (Å²) in [6.07, 6.45) is 4.62. The molecule has 3 unspecified atom stereocenters. The van der Waals surface area contributed by atoms with Gasteiger partial charge in [-0.3, -0.25) is 9.48 Å². The van der Waals surface area contributed by atoms with Crippen molar-refractivity contribution < 1.29 is 9.18 Å². The lowest BCUT2D eigenvalue weighted by Gasteiger charge is -2.22. The molecule has 2 aliphatic rings. The van der Waals surface area contributed by atoms with Gasteiger partial charge in [-0.1, -0.05) is 24.6 Å². The quantitative estimate of drug-likeness (QED) is 0.624. The number of halogens is 2. The molecule has 1 N–H and O–H groups in total. The number of fused-ring (bicyclic) bond motifs is 2. The Morgan fingerprint density at radius 1 is 1.24 bits per heavy atom. The van der Waals surface area contributed by atoms with Crippen LogP contribution in [-0.4, -0.2) is 21.7 Å². The van der Waals surface area contributed by atoms with Crippen LogP contribution < -0.4 is 5.32 Å². The second-order valence-corrected chi connectivity index (χ2v) is 8.72. The lowest BCUT2D eigenvalue weighted by Crippen LogP contribution is -2.37. The van der Waals surface area contributed by atoms with E-state index in [4.69, 9.17) is 11.6 Å². The van der Waals surface area contributed by atoms with Crippen LogP contribution in [0.1, 0.15) is 42.6 Å². The molecular weight excluding hydrogens is 389 g/mol. The average Bonchev–Trinajstić information content (AvgIpc) is 3.08. The van der Waals surface area contributed by atoms with Gasteiger partial charge in [-0.15, -0.1) is 0 Å².